The number of hydrogen-bond donors (Lipinski definition) is 0. The van der Waals surface area contributed by atoms with Crippen LogP contribution in [-0.2, 0) is 11.2 Å². The minimum atomic E-state index is -0.615. The van der Waals surface area contributed by atoms with Crippen molar-refractivity contribution in [1.29, 1.82) is 0 Å². The van der Waals surface area contributed by atoms with E-state index in [9.17, 15) is 14.0 Å². The van der Waals surface area contributed by atoms with Crippen LogP contribution in [0.4, 0.5) is 10.1 Å². The monoisotopic (exact) mass is 418 g/mol. The smallest absolute Gasteiger partial charge is 0.257 e. The molecule has 0 atom stereocenters. The van der Waals surface area contributed by atoms with E-state index in [-0.39, 0.29) is 18.0 Å². The van der Waals surface area contributed by atoms with Gasteiger partial charge in [-0.2, -0.15) is 5.10 Å². The highest BCUT2D eigenvalue weighted by atomic mass is 19.1. The Morgan fingerprint density at radius 3 is 2.81 bits per heavy atom. The summed E-state index contributed by atoms with van der Waals surface area (Å²) in [4.78, 5) is 32.6. The number of aryl methyl sites for hydroxylation is 1. The molecule has 2 amide bonds. The van der Waals surface area contributed by atoms with Crippen molar-refractivity contribution >= 4 is 17.5 Å². The number of halogens is 1. The van der Waals surface area contributed by atoms with Gasteiger partial charge in [0, 0.05) is 25.7 Å². The lowest BCUT2D eigenvalue weighted by molar-refractivity contribution is -0.120. The Morgan fingerprint density at radius 1 is 1.23 bits per heavy atom. The first kappa shape index (κ1) is 20.6. The third kappa shape index (κ3) is 4.28. The molecule has 0 bridgehead atoms. The predicted molar refractivity (Wildman–Crippen MR) is 112 cm³/mol. The van der Waals surface area contributed by atoms with Gasteiger partial charge in [-0.3, -0.25) is 14.6 Å². The summed E-state index contributed by atoms with van der Waals surface area (Å²) in [5.41, 5.74) is 3.98. The van der Waals surface area contributed by atoms with Crippen LogP contribution in [-0.4, -0.2) is 51.5 Å². The van der Waals surface area contributed by atoms with Gasteiger partial charge < -0.3 is 9.80 Å². The largest absolute Gasteiger partial charge is 0.327 e. The van der Waals surface area contributed by atoms with Gasteiger partial charge in [0.2, 0.25) is 5.91 Å². The number of pyridine rings is 1. The highest BCUT2D eigenvalue weighted by Gasteiger charge is 2.30. The van der Waals surface area contributed by atoms with Gasteiger partial charge in [0.05, 0.1) is 23.1 Å². The van der Waals surface area contributed by atoms with E-state index in [0.29, 0.717) is 25.2 Å². The Balaban J connectivity index is 1.52. The zero-order chi connectivity index (χ0) is 22.0. The van der Waals surface area contributed by atoms with E-state index >= 15 is 0 Å². The minimum absolute atomic E-state index is 0.0510. The molecule has 7 nitrogen and oxygen atoms in total. The summed E-state index contributed by atoms with van der Waals surface area (Å²) >= 11 is 0. The van der Waals surface area contributed by atoms with Crippen molar-refractivity contribution in [3.63, 3.8) is 0 Å². The Kier molecular flexibility index (Phi) is 5.70. The number of rotatable bonds is 4. The van der Waals surface area contributed by atoms with E-state index in [2.05, 4.69) is 21.4 Å². The van der Waals surface area contributed by atoms with Crippen LogP contribution in [0.15, 0.2) is 42.7 Å². The van der Waals surface area contributed by atoms with Crippen LogP contribution in [0, 0.1) is 25.9 Å². The number of benzene rings is 1. The van der Waals surface area contributed by atoms with Gasteiger partial charge in [0.1, 0.15) is 18.6 Å². The molecule has 0 aliphatic carbocycles. The average molecular weight is 418 g/mol. The maximum Gasteiger partial charge on any atom is 0.257 e. The number of anilines is 1. The predicted octanol–water partition coefficient (Wildman–Crippen LogP) is 2.51. The molecule has 0 spiro atoms. The lowest BCUT2D eigenvalue weighted by Crippen LogP contribution is -2.52. The molecule has 0 unspecified atom stereocenters. The van der Waals surface area contributed by atoms with Crippen LogP contribution < -0.4 is 4.90 Å². The number of hydrogen-bond acceptors (Lipinski definition) is 5. The summed E-state index contributed by atoms with van der Waals surface area (Å²) in [5.74, 6) is -1.35. The van der Waals surface area contributed by atoms with Crippen LogP contribution in [0.3, 0.4) is 0 Å². The molecule has 4 rings (SSSR count). The standard InChI is InChI=1S/C23H21FN5O2/c1-15-12-26-27-21(16(15)2)11-17-5-6-20(24)19(10-17)23(31)28-8-9-29(22(30)14-28)18-4-3-7-25-13-18/h3-7,10,13H,8-9,11,14H2,1-2H3. The minimum Gasteiger partial charge on any atom is -0.327 e. The number of piperazine rings is 1. The van der Waals surface area contributed by atoms with E-state index in [1.807, 2.05) is 13.8 Å². The first-order valence-corrected chi connectivity index (χ1v) is 9.92. The maximum atomic E-state index is 14.5. The number of carbonyl (C=O) groups excluding carboxylic acids is 2. The van der Waals surface area contributed by atoms with E-state index in [1.54, 1.807) is 35.5 Å². The molecule has 0 N–H and O–H groups in total. The third-order valence-electron chi connectivity index (χ3n) is 5.48. The van der Waals surface area contributed by atoms with Gasteiger partial charge in [-0.15, -0.1) is 5.10 Å². The summed E-state index contributed by atoms with van der Waals surface area (Å²) in [5, 5.41) is 7.98. The van der Waals surface area contributed by atoms with Crippen molar-refractivity contribution < 1.29 is 14.0 Å². The Hall–Kier alpha value is -3.68. The second kappa shape index (κ2) is 8.59. The summed E-state index contributed by atoms with van der Waals surface area (Å²) in [6.45, 7) is 4.34. The molecule has 1 aliphatic rings. The Bertz CT molecular complexity index is 1140. The van der Waals surface area contributed by atoms with Gasteiger partial charge in [-0.05, 0) is 54.8 Å². The highest BCUT2D eigenvalue weighted by molar-refractivity contribution is 6.01. The molecular formula is C23H21FN5O2. The first-order chi connectivity index (χ1) is 14.9. The molecule has 1 fully saturated rings. The van der Waals surface area contributed by atoms with Gasteiger partial charge in [0.25, 0.3) is 5.91 Å². The number of amides is 2. The molecule has 1 saturated heterocycles. The quantitative estimate of drug-likeness (QED) is 0.651. The first-order valence-electron chi connectivity index (χ1n) is 9.92. The molecule has 3 aromatic rings. The van der Waals surface area contributed by atoms with Crippen LogP contribution >= 0.6 is 0 Å². The molecule has 8 heteroatoms. The molecular weight excluding hydrogens is 397 g/mol. The van der Waals surface area contributed by atoms with Crippen molar-refractivity contribution in [3.05, 3.63) is 82.7 Å². The molecule has 157 valence electrons. The summed E-state index contributed by atoms with van der Waals surface area (Å²) in [6.07, 6.45) is 6.46. The Morgan fingerprint density at radius 2 is 2.06 bits per heavy atom. The molecule has 3 heterocycles. The second-order valence-electron chi connectivity index (χ2n) is 7.48. The fourth-order valence-corrected chi connectivity index (χ4v) is 3.55. The molecule has 1 aromatic carbocycles. The lowest BCUT2D eigenvalue weighted by atomic mass is 10.0. The summed E-state index contributed by atoms with van der Waals surface area (Å²) < 4.78 is 14.5. The zero-order valence-electron chi connectivity index (χ0n) is 17.3. The second-order valence-corrected chi connectivity index (χ2v) is 7.48. The van der Waals surface area contributed by atoms with Gasteiger partial charge in [-0.25, -0.2) is 4.39 Å². The van der Waals surface area contributed by atoms with Crippen LogP contribution in [0.2, 0.25) is 0 Å². The van der Waals surface area contributed by atoms with Crippen LogP contribution in [0.5, 0.6) is 0 Å². The molecule has 0 saturated carbocycles. The molecule has 1 radical (unpaired) electrons. The number of carbonyl (C=O) groups is 2. The normalized spacial score (nSPS) is 14.1. The van der Waals surface area contributed by atoms with Gasteiger partial charge in [0.15, 0.2) is 0 Å². The zero-order valence-corrected chi connectivity index (χ0v) is 17.3. The number of aromatic nitrogens is 3. The van der Waals surface area contributed by atoms with Crippen molar-refractivity contribution in [1.82, 2.24) is 20.1 Å². The topological polar surface area (TPSA) is 79.3 Å². The SMILES string of the molecule is Cc1[c]nnc(Cc2ccc(F)c(C(=O)N3CCN(c4cccnc4)C(=O)C3)c2)c1C. The molecule has 31 heavy (non-hydrogen) atoms. The fraction of sp³-hybridized carbons (Fsp3) is 0.261. The fourth-order valence-electron chi connectivity index (χ4n) is 3.55. The highest BCUT2D eigenvalue weighted by Crippen LogP contribution is 2.20. The van der Waals surface area contributed by atoms with Crippen molar-refractivity contribution in [2.75, 3.05) is 24.5 Å². The summed E-state index contributed by atoms with van der Waals surface area (Å²) in [7, 11) is 0. The van der Waals surface area contributed by atoms with Gasteiger partial charge >= 0.3 is 0 Å². The van der Waals surface area contributed by atoms with E-state index in [1.165, 1.54) is 17.0 Å². The number of nitrogens with zero attached hydrogens (tertiary/aromatic N) is 5. The van der Waals surface area contributed by atoms with Crippen LogP contribution in [0.25, 0.3) is 0 Å². The van der Waals surface area contributed by atoms with Crippen molar-refractivity contribution in [2.24, 2.45) is 0 Å². The van der Waals surface area contributed by atoms with E-state index < -0.39 is 11.7 Å². The third-order valence-corrected chi connectivity index (χ3v) is 5.48. The maximum absolute atomic E-state index is 14.5. The Labute approximate surface area is 179 Å². The summed E-state index contributed by atoms with van der Waals surface area (Å²) in [6, 6.07) is 7.98. The van der Waals surface area contributed by atoms with Crippen LogP contribution in [0.1, 0.15) is 32.7 Å². The van der Waals surface area contributed by atoms with E-state index in [0.717, 1.165) is 22.4 Å². The lowest BCUT2D eigenvalue weighted by Gasteiger charge is -2.34. The van der Waals surface area contributed by atoms with Crippen molar-refractivity contribution in [3.8, 4) is 0 Å². The van der Waals surface area contributed by atoms with Gasteiger partial charge in [-0.1, -0.05) is 6.07 Å². The average Bonchev–Trinajstić information content (AvgIpc) is 2.78. The molecule has 2 aromatic heterocycles. The van der Waals surface area contributed by atoms with E-state index in [4.69, 9.17) is 0 Å². The molecule has 1 aliphatic heterocycles. The van der Waals surface area contributed by atoms with Crippen molar-refractivity contribution in [2.45, 2.75) is 20.3 Å².